The summed E-state index contributed by atoms with van der Waals surface area (Å²) in [5.74, 6) is 0.487. The number of aryl methyl sites for hydroxylation is 1. The fourth-order valence-corrected chi connectivity index (χ4v) is 7.69. The van der Waals surface area contributed by atoms with Crippen LogP contribution in [-0.2, 0) is 4.79 Å². The lowest BCUT2D eigenvalue weighted by Crippen LogP contribution is -2.43. The molecule has 1 aliphatic rings. The van der Waals surface area contributed by atoms with Gasteiger partial charge in [0.1, 0.15) is 11.8 Å². The molecule has 0 aliphatic carbocycles. The fraction of sp³-hybridized carbons (Fsp3) is 0.289. The lowest BCUT2D eigenvalue weighted by atomic mass is 9.90. The molecule has 0 saturated carbocycles. The third kappa shape index (κ3) is 5.48. The molecule has 1 atom stereocenters. The van der Waals surface area contributed by atoms with Crippen LogP contribution in [0.2, 0.25) is 0 Å². The van der Waals surface area contributed by atoms with Crippen LogP contribution in [0.15, 0.2) is 87.8 Å². The molecule has 8 nitrogen and oxygen atoms in total. The van der Waals surface area contributed by atoms with Crippen molar-refractivity contribution in [3.8, 4) is 11.4 Å². The number of likely N-dealkylation sites (N-methyl/N-ethyl adjacent to an activating group) is 1. The summed E-state index contributed by atoms with van der Waals surface area (Å²) < 4.78 is 10.4. The molecule has 242 valence electrons. The van der Waals surface area contributed by atoms with Crippen molar-refractivity contribution in [1.82, 2.24) is 14.0 Å². The normalized spacial score (nSPS) is 14.7. The number of nitrogens with zero attached hydrogens (tertiary/aromatic N) is 5. The van der Waals surface area contributed by atoms with E-state index in [9.17, 15) is 9.59 Å². The number of hydrogen-bond acceptors (Lipinski definition) is 6. The van der Waals surface area contributed by atoms with Crippen LogP contribution in [0.1, 0.15) is 49.3 Å². The summed E-state index contributed by atoms with van der Waals surface area (Å²) in [5.41, 5.74) is 6.93. The van der Waals surface area contributed by atoms with E-state index in [-0.39, 0.29) is 11.5 Å². The minimum Gasteiger partial charge on any atom is -0.496 e. The monoisotopic (exact) mass is 647 g/mol. The summed E-state index contributed by atoms with van der Waals surface area (Å²) in [7, 11) is 5.68. The van der Waals surface area contributed by atoms with Crippen LogP contribution >= 0.6 is 11.3 Å². The van der Waals surface area contributed by atoms with Gasteiger partial charge in [-0.15, -0.1) is 0 Å². The van der Waals surface area contributed by atoms with Gasteiger partial charge in [0.05, 0.1) is 22.9 Å². The number of thiazole rings is 1. The standard InChI is InChI=1S/C38H41N5O3S/c1-9-41(10-2)37(45)33-24(4)39-38-43(35(33)34-30-14-12-11-13-26(30)15-20-31(34)46-8)36(44)32(47-38)22-27-21-23(3)42(25(27)5)29-18-16-28(17-19-29)40(6)7/h11-22,35H,9-10H2,1-8H3/b32-22-/t35-/m0/s1. The smallest absolute Gasteiger partial charge is 0.271 e. The number of carbonyl (C=O) groups is 1. The SMILES string of the molecule is CCN(CC)C(=O)C1=C(C)N=c2s/c(=C\c3cc(C)n(-c4ccc(N(C)C)cc4)c3C)c(=O)n2[C@@H]1c1c(OC)ccc2ccccc12. The van der Waals surface area contributed by atoms with E-state index in [4.69, 9.17) is 9.73 Å². The molecule has 0 unspecified atom stereocenters. The van der Waals surface area contributed by atoms with Gasteiger partial charge in [0.15, 0.2) is 4.80 Å². The molecule has 0 bridgehead atoms. The second kappa shape index (κ2) is 12.7. The molecular weight excluding hydrogens is 607 g/mol. The predicted octanol–water partition coefficient (Wildman–Crippen LogP) is 5.74. The van der Waals surface area contributed by atoms with Gasteiger partial charge in [-0.1, -0.05) is 41.7 Å². The Kier molecular flexibility index (Phi) is 8.68. The number of hydrogen-bond donors (Lipinski definition) is 0. The zero-order chi connectivity index (χ0) is 33.6. The molecule has 2 aromatic heterocycles. The molecule has 3 heterocycles. The summed E-state index contributed by atoms with van der Waals surface area (Å²) in [6.45, 7) is 11.0. The summed E-state index contributed by atoms with van der Waals surface area (Å²) >= 11 is 1.35. The van der Waals surface area contributed by atoms with Crippen LogP contribution in [0.4, 0.5) is 5.69 Å². The molecule has 3 aromatic carbocycles. The summed E-state index contributed by atoms with van der Waals surface area (Å²) in [6.07, 6.45) is 1.96. The van der Waals surface area contributed by atoms with Crippen molar-refractivity contribution in [2.24, 2.45) is 4.99 Å². The number of rotatable bonds is 8. The first-order chi connectivity index (χ1) is 22.6. The van der Waals surface area contributed by atoms with Crippen LogP contribution < -0.4 is 24.5 Å². The van der Waals surface area contributed by atoms with Gasteiger partial charge in [0, 0.05) is 55.5 Å². The summed E-state index contributed by atoms with van der Waals surface area (Å²) in [5, 5.41) is 1.93. The highest BCUT2D eigenvalue weighted by atomic mass is 32.1. The van der Waals surface area contributed by atoms with Crippen molar-refractivity contribution in [3.63, 3.8) is 0 Å². The van der Waals surface area contributed by atoms with E-state index in [2.05, 4.69) is 53.6 Å². The molecule has 9 heteroatoms. The average Bonchev–Trinajstić information content (AvgIpc) is 3.53. The molecular formula is C38H41N5O3S. The summed E-state index contributed by atoms with van der Waals surface area (Å²) in [4.78, 5) is 38.1. The van der Waals surface area contributed by atoms with E-state index in [1.807, 2.05) is 77.3 Å². The molecule has 1 aliphatic heterocycles. The van der Waals surface area contributed by atoms with Gasteiger partial charge in [-0.3, -0.25) is 14.2 Å². The lowest BCUT2D eigenvalue weighted by molar-refractivity contribution is -0.127. The lowest BCUT2D eigenvalue weighted by Gasteiger charge is -2.30. The molecule has 0 fully saturated rings. The van der Waals surface area contributed by atoms with Gasteiger partial charge in [-0.2, -0.15) is 0 Å². The van der Waals surface area contributed by atoms with E-state index in [0.29, 0.717) is 39.4 Å². The van der Waals surface area contributed by atoms with E-state index in [1.54, 1.807) is 16.6 Å². The van der Waals surface area contributed by atoms with Crippen molar-refractivity contribution in [2.45, 2.75) is 40.7 Å². The number of ether oxygens (including phenoxy) is 1. The van der Waals surface area contributed by atoms with Crippen molar-refractivity contribution in [3.05, 3.63) is 120 Å². The molecule has 0 N–H and O–H groups in total. The Balaban J connectivity index is 1.58. The Hall–Kier alpha value is -4.89. The van der Waals surface area contributed by atoms with E-state index in [1.165, 1.54) is 11.3 Å². The van der Waals surface area contributed by atoms with Crippen molar-refractivity contribution in [2.75, 3.05) is 39.2 Å². The topological polar surface area (TPSA) is 72.1 Å². The maximum absolute atomic E-state index is 14.6. The second-order valence-corrected chi connectivity index (χ2v) is 13.0. The minimum absolute atomic E-state index is 0.130. The maximum Gasteiger partial charge on any atom is 0.271 e. The number of fused-ring (bicyclic) bond motifs is 2. The molecule has 47 heavy (non-hydrogen) atoms. The van der Waals surface area contributed by atoms with Gasteiger partial charge in [-0.05, 0) is 93.4 Å². The van der Waals surface area contributed by atoms with Crippen LogP contribution in [-0.4, -0.2) is 54.2 Å². The number of aromatic nitrogens is 2. The van der Waals surface area contributed by atoms with Gasteiger partial charge in [-0.25, -0.2) is 4.99 Å². The number of methoxy groups -OCH3 is 1. The molecule has 6 rings (SSSR count). The first kappa shape index (κ1) is 32.1. The van der Waals surface area contributed by atoms with Crippen LogP contribution in [0.3, 0.4) is 0 Å². The van der Waals surface area contributed by atoms with E-state index >= 15 is 0 Å². The quantitative estimate of drug-likeness (QED) is 0.216. The van der Waals surface area contributed by atoms with E-state index in [0.717, 1.165) is 44.7 Å². The largest absolute Gasteiger partial charge is 0.496 e. The molecule has 0 saturated heterocycles. The summed E-state index contributed by atoms with van der Waals surface area (Å²) in [6, 6.07) is 21.8. The maximum atomic E-state index is 14.6. The zero-order valence-electron chi connectivity index (χ0n) is 28.3. The van der Waals surface area contributed by atoms with Crippen molar-refractivity contribution >= 4 is 39.8 Å². The number of anilines is 1. The Morgan fingerprint density at radius 2 is 1.70 bits per heavy atom. The number of benzene rings is 3. The van der Waals surface area contributed by atoms with Crippen LogP contribution in [0.5, 0.6) is 5.75 Å². The molecule has 1 amide bonds. The fourth-order valence-electron chi connectivity index (χ4n) is 6.66. The molecule has 0 spiro atoms. The zero-order valence-corrected chi connectivity index (χ0v) is 29.1. The van der Waals surface area contributed by atoms with Crippen molar-refractivity contribution < 1.29 is 9.53 Å². The van der Waals surface area contributed by atoms with E-state index < -0.39 is 6.04 Å². The highest BCUT2D eigenvalue weighted by Crippen LogP contribution is 2.40. The highest BCUT2D eigenvalue weighted by molar-refractivity contribution is 7.07. The minimum atomic E-state index is -0.717. The first-order valence-corrected chi connectivity index (χ1v) is 16.7. The Morgan fingerprint density at radius 3 is 2.36 bits per heavy atom. The number of carbonyl (C=O) groups excluding carboxylic acids is 1. The van der Waals surface area contributed by atoms with Crippen molar-refractivity contribution in [1.29, 1.82) is 0 Å². The Bertz CT molecular complexity index is 2220. The molecule has 5 aromatic rings. The highest BCUT2D eigenvalue weighted by Gasteiger charge is 2.36. The van der Waals surface area contributed by atoms with Crippen LogP contribution in [0, 0.1) is 13.8 Å². The number of allylic oxidation sites excluding steroid dienone is 1. The Labute approximate surface area is 279 Å². The predicted molar refractivity (Wildman–Crippen MR) is 192 cm³/mol. The van der Waals surface area contributed by atoms with Gasteiger partial charge in [0.25, 0.3) is 11.5 Å². The van der Waals surface area contributed by atoms with Gasteiger partial charge in [0.2, 0.25) is 0 Å². The Morgan fingerprint density at radius 1 is 1.00 bits per heavy atom. The third-order valence-corrected chi connectivity index (χ3v) is 10.1. The second-order valence-electron chi connectivity index (χ2n) is 12.0. The van der Waals surface area contributed by atoms with Gasteiger partial charge < -0.3 is 19.1 Å². The van der Waals surface area contributed by atoms with Crippen LogP contribution in [0.25, 0.3) is 22.5 Å². The van der Waals surface area contributed by atoms with Gasteiger partial charge >= 0.3 is 0 Å². The average molecular weight is 648 g/mol. The number of amides is 1. The molecule has 0 radical (unpaired) electrons. The third-order valence-electron chi connectivity index (χ3n) is 9.11. The first-order valence-electron chi connectivity index (χ1n) is 15.9.